The van der Waals surface area contributed by atoms with E-state index in [-0.39, 0.29) is 11.8 Å². The maximum absolute atomic E-state index is 5.35. The molecule has 0 saturated heterocycles. The highest BCUT2D eigenvalue weighted by molar-refractivity contribution is 8.03. The Morgan fingerprint density at radius 1 is 0.667 bits per heavy atom. The first kappa shape index (κ1) is 37.6. The summed E-state index contributed by atoms with van der Waals surface area (Å²) < 4.78 is 2.42. The molecule has 2 atom stereocenters. The molecule has 0 spiro atoms. The molecule has 9 aromatic rings. The zero-order valence-electron chi connectivity index (χ0n) is 35.2. The third-order valence-electron chi connectivity index (χ3n) is 13.0. The molecule has 300 valence electrons. The number of aryl methyl sites for hydroxylation is 1. The highest BCUT2D eigenvalue weighted by Gasteiger charge is 2.37. The lowest BCUT2D eigenvalue weighted by Gasteiger charge is -2.27. The number of allylic oxidation sites excluding steroid dienone is 8. The summed E-state index contributed by atoms with van der Waals surface area (Å²) in [4.78, 5) is 8.08. The molecule has 2 aromatic heterocycles. The van der Waals surface area contributed by atoms with Gasteiger partial charge in [-0.3, -0.25) is 0 Å². The van der Waals surface area contributed by atoms with Gasteiger partial charge in [-0.05, 0) is 111 Å². The number of aromatic nitrogens is 2. The van der Waals surface area contributed by atoms with Crippen molar-refractivity contribution in [1.82, 2.24) is 9.55 Å². The summed E-state index contributed by atoms with van der Waals surface area (Å²) >= 11 is 1.92. The number of pyridine rings is 1. The molecule has 3 aliphatic carbocycles. The molecule has 0 bridgehead atoms. The maximum Gasteiger partial charge on any atom is 0.0725 e. The molecule has 3 heteroatoms. The monoisotopic (exact) mass is 824 g/mol. The topological polar surface area (TPSA) is 17.8 Å². The van der Waals surface area contributed by atoms with E-state index < -0.39 is 0 Å². The minimum absolute atomic E-state index is 0.127. The van der Waals surface area contributed by atoms with Crippen LogP contribution in [0.3, 0.4) is 0 Å². The van der Waals surface area contributed by atoms with Crippen LogP contribution in [0.25, 0.3) is 71.4 Å². The van der Waals surface area contributed by atoms with E-state index in [0.29, 0.717) is 0 Å². The number of hydrogen-bond donors (Lipinski definition) is 0. The lowest BCUT2D eigenvalue weighted by molar-refractivity contribution is 0.724. The molecule has 7 aromatic carbocycles. The van der Waals surface area contributed by atoms with Gasteiger partial charge < -0.3 is 4.57 Å². The summed E-state index contributed by atoms with van der Waals surface area (Å²) in [6.45, 7) is 2.17. The number of fused-ring (bicyclic) bond motifs is 9. The largest absolute Gasteiger partial charge is 0.309 e. The Kier molecular flexibility index (Phi) is 9.35. The van der Waals surface area contributed by atoms with Crippen LogP contribution in [0.15, 0.2) is 198 Å². The standard InChI is InChI=1S/C57H38N2S.C3H6/c1-36-15-8-10-19-41(36)43-21-6-3-7-22-44(43)51-35-47(45-23-12-13-25-50(45)58-51)46-24-14-26-55-57(46)49-34-39(29-32-54(49)60-55)38-28-30-52-48(33-38)56-42-20-11-9-16-37(42)27-31-53(56)59(52)40-17-4-2-5-18-40;1-2-3-1/h2,4-5,7-20,22-35,46,57H,3H2,1H3;1-3H2. The van der Waals surface area contributed by atoms with Gasteiger partial charge in [-0.1, -0.05) is 176 Å². The second-order valence-electron chi connectivity index (χ2n) is 17.1. The third kappa shape index (κ3) is 6.65. The van der Waals surface area contributed by atoms with Gasteiger partial charge in [-0.2, -0.15) is 0 Å². The SMILES string of the molecule is C1CC1.Cc1ccccc1C1=C(c2cc(C3C=CC=C4Sc5ccc(-c6ccc7c(c6)c6c8ccccc8ccc6n7-c6ccccc6)cc5C43)c3ccccc3n2)C=CCC#C1. The average molecular weight is 825 g/mol. The summed E-state index contributed by atoms with van der Waals surface area (Å²) in [5.74, 6) is 7.25. The number of para-hydroxylation sites is 2. The first-order chi connectivity index (χ1) is 31.2. The van der Waals surface area contributed by atoms with Gasteiger partial charge in [0.05, 0.1) is 22.2 Å². The molecule has 0 amide bonds. The Labute approximate surface area is 373 Å². The quantitative estimate of drug-likeness (QED) is 0.161. The van der Waals surface area contributed by atoms with E-state index in [9.17, 15) is 0 Å². The number of rotatable bonds is 5. The summed E-state index contributed by atoms with van der Waals surface area (Å²) in [5.41, 5.74) is 15.2. The molecule has 63 heavy (non-hydrogen) atoms. The number of thioether (sulfide) groups is 1. The van der Waals surface area contributed by atoms with Crippen molar-refractivity contribution >= 4 is 66.4 Å². The smallest absolute Gasteiger partial charge is 0.0725 e. The minimum atomic E-state index is 0.127. The molecule has 4 aliphatic rings. The van der Waals surface area contributed by atoms with E-state index >= 15 is 0 Å². The highest BCUT2D eigenvalue weighted by atomic mass is 32.2. The lowest BCUT2D eigenvalue weighted by atomic mass is 9.77. The van der Waals surface area contributed by atoms with Crippen LogP contribution in [0, 0.1) is 18.8 Å². The van der Waals surface area contributed by atoms with E-state index in [1.165, 1.54) is 101 Å². The molecule has 0 radical (unpaired) electrons. The molecule has 3 heterocycles. The number of nitrogens with zero attached hydrogens (tertiary/aromatic N) is 2. The van der Waals surface area contributed by atoms with Crippen molar-refractivity contribution < 1.29 is 0 Å². The second kappa shape index (κ2) is 15.7. The highest BCUT2D eigenvalue weighted by Crippen LogP contribution is 2.57. The zero-order valence-corrected chi connectivity index (χ0v) is 36.0. The van der Waals surface area contributed by atoms with Crippen LogP contribution in [0.4, 0.5) is 0 Å². The zero-order chi connectivity index (χ0) is 41.9. The predicted octanol–water partition coefficient (Wildman–Crippen LogP) is 15.9. The molecule has 1 saturated carbocycles. The van der Waals surface area contributed by atoms with Crippen LogP contribution in [0.1, 0.15) is 65.5 Å². The summed E-state index contributed by atoms with van der Waals surface area (Å²) in [6.07, 6.45) is 16.6. The summed E-state index contributed by atoms with van der Waals surface area (Å²) in [5, 5.41) is 6.29. The van der Waals surface area contributed by atoms with Gasteiger partial charge in [0.15, 0.2) is 0 Å². The molecule has 1 fully saturated rings. The Bertz CT molecular complexity index is 3510. The van der Waals surface area contributed by atoms with E-state index in [4.69, 9.17) is 4.98 Å². The van der Waals surface area contributed by atoms with Gasteiger partial charge in [0.2, 0.25) is 0 Å². The van der Waals surface area contributed by atoms with Crippen molar-refractivity contribution in [3.8, 4) is 28.7 Å². The van der Waals surface area contributed by atoms with E-state index in [1.54, 1.807) is 0 Å². The first-order valence-corrected chi connectivity index (χ1v) is 23.1. The van der Waals surface area contributed by atoms with Crippen molar-refractivity contribution in [1.29, 1.82) is 0 Å². The van der Waals surface area contributed by atoms with Crippen LogP contribution in [-0.2, 0) is 0 Å². The molecular weight excluding hydrogens is 781 g/mol. The Morgan fingerprint density at radius 3 is 2.30 bits per heavy atom. The fourth-order valence-corrected chi connectivity index (χ4v) is 11.1. The van der Waals surface area contributed by atoms with Crippen LogP contribution < -0.4 is 0 Å². The Balaban J connectivity index is 0.00000135. The molecule has 2 unspecified atom stereocenters. The fraction of sp³-hybridized carbons (Fsp3) is 0.117. The summed E-state index contributed by atoms with van der Waals surface area (Å²) in [7, 11) is 0. The van der Waals surface area contributed by atoms with Gasteiger partial charge >= 0.3 is 0 Å². The van der Waals surface area contributed by atoms with Crippen LogP contribution in [-0.4, -0.2) is 9.55 Å². The molecule has 13 rings (SSSR count). The van der Waals surface area contributed by atoms with Gasteiger partial charge in [-0.15, -0.1) is 0 Å². The van der Waals surface area contributed by atoms with Crippen LogP contribution in [0.2, 0.25) is 0 Å². The van der Waals surface area contributed by atoms with E-state index in [1.807, 2.05) is 11.8 Å². The fourth-order valence-electron chi connectivity index (χ4n) is 9.83. The van der Waals surface area contributed by atoms with Crippen molar-refractivity contribution in [2.45, 2.75) is 49.3 Å². The van der Waals surface area contributed by atoms with Crippen molar-refractivity contribution in [3.63, 3.8) is 0 Å². The van der Waals surface area contributed by atoms with E-state index in [0.717, 1.165) is 34.3 Å². The van der Waals surface area contributed by atoms with Crippen molar-refractivity contribution in [2.24, 2.45) is 0 Å². The normalized spacial score (nSPS) is 17.2. The van der Waals surface area contributed by atoms with E-state index in [2.05, 4.69) is 211 Å². The Morgan fingerprint density at radius 2 is 1.43 bits per heavy atom. The van der Waals surface area contributed by atoms with Crippen LogP contribution >= 0.6 is 11.8 Å². The maximum atomic E-state index is 5.35. The Hall–Kier alpha value is -7.12. The number of hydrogen-bond acceptors (Lipinski definition) is 2. The average Bonchev–Trinajstić information content (AvgIpc) is 4.16. The molecule has 0 N–H and O–H groups in total. The lowest BCUT2D eigenvalue weighted by Crippen LogP contribution is -2.12. The molecule has 1 aliphatic heterocycles. The predicted molar refractivity (Wildman–Crippen MR) is 267 cm³/mol. The molecule has 2 nitrogen and oxygen atoms in total. The number of benzene rings is 7. The van der Waals surface area contributed by atoms with Gasteiger partial charge in [0.1, 0.15) is 0 Å². The third-order valence-corrected chi connectivity index (χ3v) is 14.2. The summed E-state index contributed by atoms with van der Waals surface area (Å²) in [6, 6.07) is 57.9. The van der Waals surface area contributed by atoms with Crippen molar-refractivity contribution in [2.75, 3.05) is 0 Å². The first-order valence-electron chi connectivity index (χ1n) is 22.3. The molecular formula is C60H44N2S. The van der Waals surface area contributed by atoms with Crippen molar-refractivity contribution in [3.05, 3.63) is 221 Å². The van der Waals surface area contributed by atoms with Crippen LogP contribution in [0.5, 0.6) is 0 Å². The second-order valence-corrected chi connectivity index (χ2v) is 18.2. The van der Waals surface area contributed by atoms with Gasteiger partial charge in [-0.25, -0.2) is 4.98 Å². The van der Waals surface area contributed by atoms with Gasteiger partial charge in [0, 0.05) is 56.1 Å². The van der Waals surface area contributed by atoms with Gasteiger partial charge in [0.25, 0.3) is 0 Å². The minimum Gasteiger partial charge on any atom is -0.309 e.